The third-order valence-corrected chi connectivity index (χ3v) is 4.35. The van der Waals surface area contributed by atoms with E-state index >= 15 is 0 Å². The molecule has 0 saturated heterocycles. The van der Waals surface area contributed by atoms with Crippen LogP contribution >= 0.6 is 9.24 Å². The van der Waals surface area contributed by atoms with Crippen LogP contribution in [0.4, 0.5) is 0 Å². The molecule has 0 aliphatic heterocycles. The zero-order valence-corrected chi connectivity index (χ0v) is 14.6. The van der Waals surface area contributed by atoms with E-state index in [-0.39, 0.29) is 10.6 Å². The first-order valence-electron chi connectivity index (χ1n) is 7.89. The van der Waals surface area contributed by atoms with Crippen LogP contribution in [0, 0.1) is 0 Å². The van der Waals surface area contributed by atoms with Crippen molar-refractivity contribution in [3.8, 4) is 0 Å². The van der Waals surface area contributed by atoms with Crippen LogP contribution < -0.4 is 0 Å². The fourth-order valence-electron chi connectivity index (χ4n) is 2.78. The molecule has 0 bridgehead atoms. The molecule has 1 nitrogen and oxygen atoms in total. The molecule has 1 aromatic carbocycles. The molecule has 0 spiro atoms. The maximum atomic E-state index is 3.04. The summed E-state index contributed by atoms with van der Waals surface area (Å²) >= 11 is 0. The Bertz CT molecular complexity index is 329. The van der Waals surface area contributed by atoms with E-state index in [9.17, 15) is 0 Å². The fourth-order valence-corrected chi connectivity index (χ4v) is 3.14. The maximum absolute atomic E-state index is 3.04. The second-order valence-electron chi connectivity index (χ2n) is 6.34. The second-order valence-corrected chi connectivity index (χ2v) is 7.83. The summed E-state index contributed by atoms with van der Waals surface area (Å²) < 4.78 is 0. The minimum Gasteiger partial charge on any atom is -0.412 e. The van der Waals surface area contributed by atoms with E-state index < -0.39 is 0 Å². The van der Waals surface area contributed by atoms with Gasteiger partial charge in [-0.2, -0.15) is 0 Å². The molecular formula is C18H33OP. The number of hydrogen-bond donors (Lipinski definition) is 0. The van der Waals surface area contributed by atoms with Gasteiger partial charge < -0.3 is 5.48 Å². The molecule has 0 fully saturated rings. The van der Waals surface area contributed by atoms with Crippen molar-refractivity contribution < 1.29 is 5.48 Å². The maximum Gasteiger partial charge on any atom is -0.00761 e. The third-order valence-electron chi connectivity index (χ3n) is 3.95. The van der Waals surface area contributed by atoms with Crippen LogP contribution in [0.3, 0.4) is 0 Å². The standard InChI is InChI=1S/C18H31P.H2O/c1-4-5-6-7-8-12-15-17(18(2,3)19)16-13-10-9-11-14-16;/h9-11,13-14,17H,4-8,12,15,19H2,1-3H3;1H2. The Balaban J connectivity index is 0.00000361. The molecule has 2 unspecified atom stereocenters. The normalized spacial score (nSPS) is 12.8. The predicted octanol–water partition coefficient (Wildman–Crippen LogP) is 5.35. The van der Waals surface area contributed by atoms with Crippen molar-refractivity contribution in [2.75, 3.05) is 0 Å². The average molecular weight is 296 g/mol. The molecule has 0 aliphatic carbocycles. The highest BCUT2D eigenvalue weighted by molar-refractivity contribution is 7.18. The summed E-state index contributed by atoms with van der Waals surface area (Å²) in [5.41, 5.74) is 1.50. The third kappa shape index (κ3) is 7.41. The van der Waals surface area contributed by atoms with Crippen LogP contribution in [0.1, 0.15) is 77.2 Å². The Kier molecular flexibility index (Phi) is 10.2. The average Bonchev–Trinajstić information content (AvgIpc) is 2.37. The molecule has 2 N–H and O–H groups in total. The van der Waals surface area contributed by atoms with E-state index in [1.165, 1.54) is 50.5 Å². The van der Waals surface area contributed by atoms with Gasteiger partial charge in [-0.05, 0) is 23.1 Å². The zero-order chi connectivity index (χ0) is 14.1. The highest BCUT2D eigenvalue weighted by Gasteiger charge is 2.25. The lowest BCUT2D eigenvalue weighted by Crippen LogP contribution is -2.22. The quantitative estimate of drug-likeness (QED) is 0.434. The van der Waals surface area contributed by atoms with Crippen LogP contribution in [-0.4, -0.2) is 10.6 Å². The summed E-state index contributed by atoms with van der Waals surface area (Å²) in [5, 5.41) is 0.283. The van der Waals surface area contributed by atoms with Crippen LogP contribution in [-0.2, 0) is 0 Å². The van der Waals surface area contributed by atoms with Crippen LogP contribution in [0.15, 0.2) is 30.3 Å². The molecule has 0 saturated carbocycles. The Labute approximate surface area is 128 Å². The number of unbranched alkanes of at least 4 members (excludes halogenated alkanes) is 5. The predicted molar refractivity (Wildman–Crippen MR) is 94.6 cm³/mol. The zero-order valence-electron chi connectivity index (χ0n) is 13.5. The summed E-state index contributed by atoms with van der Waals surface area (Å²) in [7, 11) is 3.04. The van der Waals surface area contributed by atoms with Gasteiger partial charge in [-0.15, -0.1) is 9.24 Å². The Morgan fingerprint density at radius 1 is 0.950 bits per heavy atom. The largest absolute Gasteiger partial charge is 0.412 e. The summed E-state index contributed by atoms with van der Waals surface area (Å²) in [5.74, 6) is 0.657. The van der Waals surface area contributed by atoms with Gasteiger partial charge in [0, 0.05) is 0 Å². The topological polar surface area (TPSA) is 31.5 Å². The second kappa shape index (κ2) is 10.4. The summed E-state index contributed by atoms with van der Waals surface area (Å²) in [6.07, 6.45) is 9.63. The number of rotatable bonds is 9. The highest BCUT2D eigenvalue weighted by Crippen LogP contribution is 2.39. The first-order chi connectivity index (χ1) is 9.05. The summed E-state index contributed by atoms with van der Waals surface area (Å²) in [6.45, 7) is 6.96. The molecule has 116 valence electrons. The molecule has 0 heterocycles. The van der Waals surface area contributed by atoms with Gasteiger partial charge in [0.1, 0.15) is 0 Å². The van der Waals surface area contributed by atoms with Crippen molar-refractivity contribution >= 4 is 9.24 Å². The van der Waals surface area contributed by atoms with Gasteiger partial charge in [0.2, 0.25) is 0 Å². The molecule has 0 aliphatic rings. The Hall–Kier alpha value is -0.390. The van der Waals surface area contributed by atoms with E-state index in [1.807, 2.05) is 0 Å². The fraction of sp³-hybridized carbons (Fsp3) is 0.667. The lowest BCUT2D eigenvalue weighted by molar-refractivity contribution is 0.473. The van der Waals surface area contributed by atoms with Crippen molar-refractivity contribution in [2.24, 2.45) is 0 Å². The lowest BCUT2D eigenvalue weighted by Gasteiger charge is -2.31. The first-order valence-corrected chi connectivity index (χ1v) is 8.47. The molecule has 2 atom stereocenters. The van der Waals surface area contributed by atoms with Gasteiger partial charge in [0.25, 0.3) is 0 Å². The minimum atomic E-state index is 0. The van der Waals surface area contributed by atoms with Crippen LogP contribution in [0.2, 0.25) is 0 Å². The van der Waals surface area contributed by atoms with Crippen LogP contribution in [0.25, 0.3) is 0 Å². The number of hydrogen-bond acceptors (Lipinski definition) is 0. The molecule has 1 rings (SSSR count). The van der Waals surface area contributed by atoms with E-state index in [1.54, 1.807) is 0 Å². The molecule has 0 aromatic heterocycles. The van der Waals surface area contributed by atoms with E-state index in [4.69, 9.17) is 0 Å². The van der Waals surface area contributed by atoms with Crippen molar-refractivity contribution in [3.63, 3.8) is 0 Å². The van der Waals surface area contributed by atoms with Gasteiger partial charge in [-0.25, -0.2) is 0 Å². The van der Waals surface area contributed by atoms with Crippen molar-refractivity contribution in [2.45, 2.75) is 76.8 Å². The van der Waals surface area contributed by atoms with E-state index in [2.05, 4.69) is 60.3 Å². The van der Waals surface area contributed by atoms with Gasteiger partial charge in [-0.1, -0.05) is 89.6 Å². The van der Waals surface area contributed by atoms with Crippen molar-refractivity contribution in [1.29, 1.82) is 0 Å². The molecule has 1 aromatic rings. The van der Waals surface area contributed by atoms with Gasteiger partial charge >= 0.3 is 0 Å². The van der Waals surface area contributed by atoms with Crippen molar-refractivity contribution in [3.05, 3.63) is 35.9 Å². The molecule has 0 amide bonds. The van der Waals surface area contributed by atoms with Gasteiger partial charge in [0.15, 0.2) is 0 Å². The van der Waals surface area contributed by atoms with Gasteiger partial charge in [0.05, 0.1) is 0 Å². The Morgan fingerprint density at radius 3 is 2.05 bits per heavy atom. The van der Waals surface area contributed by atoms with Crippen molar-refractivity contribution in [1.82, 2.24) is 0 Å². The van der Waals surface area contributed by atoms with Crippen LogP contribution in [0.5, 0.6) is 0 Å². The van der Waals surface area contributed by atoms with E-state index in [0.717, 1.165) is 0 Å². The smallest absolute Gasteiger partial charge is 0.00761 e. The highest BCUT2D eigenvalue weighted by atomic mass is 31.0. The summed E-state index contributed by atoms with van der Waals surface area (Å²) in [4.78, 5) is 0. The summed E-state index contributed by atoms with van der Waals surface area (Å²) in [6, 6.07) is 11.0. The lowest BCUT2D eigenvalue weighted by atomic mass is 9.83. The minimum absolute atomic E-state index is 0. The Morgan fingerprint density at radius 2 is 1.50 bits per heavy atom. The molecule has 2 heteroatoms. The van der Waals surface area contributed by atoms with Gasteiger partial charge in [-0.3, -0.25) is 0 Å². The molecule has 0 radical (unpaired) electrons. The van der Waals surface area contributed by atoms with E-state index in [0.29, 0.717) is 5.92 Å². The molecule has 20 heavy (non-hydrogen) atoms. The first kappa shape index (κ1) is 19.6. The SMILES string of the molecule is CCCCCCCCC(c1ccccc1)C(C)(C)P.O. The number of benzene rings is 1. The molecular weight excluding hydrogens is 263 g/mol. The monoisotopic (exact) mass is 296 g/mol.